The Bertz CT molecular complexity index is 960. The standard InChI is InChI=1S/C19H25N5O3/c1-3-18(26)23-8-5-4-6-16(23)15-10-17-20-14-7-9-22(12(2)25)11-13(14)19(27)24(17)21-15/h10,16,21H,3-9,11H2,1-2H3. The Morgan fingerprint density at radius 1 is 1.30 bits per heavy atom. The zero-order valence-electron chi connectivity index (χ0n) is 15.8. The van der Waals surface area contributed by atoms with Gasteiger partial charge in [0.1, 0.15) is 0 Å². The topological polar surface area (TPSA) is 90.8 Å². The first-order valence-electron chi connectivity index (χ1n) is 9.68. The smallest absolute Gasteiger partial charge is 0.277 e. The predicted molar refractivity (Wildman–Crippen MR) is 99.2 cm³/mol. The Balaban J connectivity index is 1.75. The normalized spacial score (nSPS) is 20.0. The molecule has 0 saturated carbocycles. The van der Waals surface area contributed by atoms with Crippen molar-refractivity contribution in [3.05, 3.63) is 33.4 Å². The lowest BCUT2D eigenvalue weighted by Crippen LogP contribution is -2.39. The molecule has 1 unspecified atom stereocenters. The summed E-state index contributed by atoms with van der Waals surface area (Å²) in [5.74, 6) is 0.100. The highest BCUT2D eigenvalue weighted by Crippen LogP contribution is 2.31. The minimum atomic E-state index is -0.156. The maximum Gasteiger partial charge on any atom is 0.277 e. The Kier molecular flexibility index (Phi) is 4.49. The average molecular weight is 371 g/mol. The molecule has 1 atom stereocenters. The summed E-state index contributed by atoms with van der Waals surface area (Å²) in [6, 6.07) is 1.85. The molecular weight excluding hydrogens is 346 g/mol. The van der Waals surface area contributed by atoms with Gasteiger partial charge in [0.05, 0.1) is 29.5 Å². The minimum Gasteiger partial charge on any atom is -0.338 e. The Morgan fingerprint density at radius 2 is 2.11 bits per heavy atom. The van der Waals surface area contributed by atoms with E-state index in [1.165, 1.54) is 11.4 Å². The van der Waals surface area contributed by atoms with Gasteiger partial charge in [-0.2, -0.15) is 0 Å². The number of fused-ring (bicyclic) bond motifs is 2. The number of hydrogen-bond donors (Lipinski definition) is 1. The molecule has 2 aromatic rings. The summed E-state index contributed by atoms with van der Waals surface area (Å²) >= 11 is 0. The molecule has 0 radical (unpaired) electrons. The van der Waals surface area contributed by atoms with E-state index in [9.17, 15) is 14.4 Å². The largest absolute Gasteiger partial charge is 0.338 e. The fourth-order valence-electron chi connectivity index (χ4n) is 4.20. The van der Waals surface area contributed by atoms with Crippen molar-refractivity contribution in [3.63, 3.8) is 0 Å². The molecule has 4 heterocycles. The van der Waals surface area contributed by atoms with Crippen LogP contribution in [0.1, 0.15) is 62.5 Å². The van der Waals surface area contributed by atoms with Gasteiger partial charge in [0.25, 0.3) is 5.56 Å². The second-order valence-corrected chi connectivity index (χ2v) is 7.39. The van der Waals surface area contributed by atoms with Crippen molar-refractivity contribution >= 4 is 17.5 Å². The number of aromatic nitrogens is 3. The molecule has 2 aliphatic rings. The average Bonchev–Trinajstić information content (AvgIpc) is 3.11. The van der Waals surface area contributed by atoms with Crippen LogP contribution in [0.4, 0.5) is 0 Å². The monoisotopic (exact) mass is 371 g/mol. The van der Waals surface area contributed by atoms with Gasteiger partial charge in [-0.25, -0.2) is 9.50 Å². The lowest BCUT2D eigenvalue weighted by Gasteiger charge is -2.35. The van der Waals surface area contributed by atoms with Crippen molar-refractivity contribution in [2.75, 3.05) is 13.1 Å². The third-order valence-electron chi connectivity index (χ3n) is 5.71. The molecule has 1 saturated heterocycles. The van der Waals surface area contributed by atoms with Gasteiger partial charge in [-0.15, -0.1) is 0 Å². The van der Waals surface area contributed by atoms with E-state index in [0.29, 0.717) is 37.1 Å². The van der Waals surface area contributed by atoms with E-state index in [1.807, 2.05) is 17.9 Å². The Morgan fingerprint density at radius 3 is 2.85 bits per heavy atom. The zero-order valence-corrected chi connectivity index (χ0v) is 15.8. The number of carbonyl (C=O) groups excluding carboxylic acids is 2. The van der Waals surface area contributed by atoms with E-state index in [-0.39, 0.29) is 23.4 Å². The highest BCUT2D eigenvalue weighted by atomic mass is 16.2. The van der Waals surface area contributed by atoms with Crippen molar-refractivity contribution in [1.82, 2.24) is 24.4 Å². The molecule has 0 aromatic carbocycles. The molecule has 8 nitrogen and oxygen atoms in total. The maximum absolute atomic E-state index is 13.0. The fourth-order valence-corrected chi connectivity index (χ4v) is 4.20. The van der Waals surface area contributed by atoms with E-state index in [1.54, 1.807) is 4.90 Å². The van der Waals surface area contributed by atoms with E-state index in [0.717, 1.165) is 37.2 Å². The molecule has 2 aromatic heterocycles. The summed E-state index contributed by atoms with van der Waals surface area (Å²) in [6.07, 6.45) is 4.01. The summed E-state index contributed by atoms with van der Waals surface area (Å²) in [5, 5.41) is 3.18. The van der Waals surface area contributed by atoms with Crippen molar-refractivity contribution in [3.8, 4) is 0 Å². The van der Waals surface area contributed by atoms with Crippen molar-refractivity contribution < 1.29 is 9.59 Å². The number of nitrogens with one attached hydrogen (secondary N) is 1. The van der Waals surface area contributed by atoms with Crippen LogP contribution in [-0.2, 0) is 22.6 Å². The molecule has 8 heteroatoms. The molecule has 144 valence electrons. The van der Waals surface area contributed by atoms with Crippen molar-refractivity contribution in [2.24, 2.45) is 0 Å². The van der Waals surface area contributed by atoms with Crippen LogP contribution < -0.4 is 5.56 Å². The molecular formula is C19H25N5O3. The third kappa shape index (κ3) is 3.02. The van der Waals surface area contributed by atoms with E-state index >= 15 is 0 Å². The van der Waals surface area contributed by atoms with Gasteiger partial charge in [0.15, 0.2) is 5.65 Å². The van der Waals surface area contributed by atoms with Crippen molar-refractivity contribution in [1.29, 1.82) is 0 Å². The molecule has 2 amide bonds. The highest BCUT2D eigenvalue weighted by Gasteiger charge is 2.30. The lowest BCUT2D eigenvalue weighted by atomic mass is 9.99. The molecule has 2 aliphatic heterocycles. The molecule has 4 rings (SSSR count). The number of carbonyl (C=O) groups is 2. The van der Waals surface area contributed by atoms with Gasteiger partial charge < -0.3 is 9.80 Å². The molecule has 0 aliphatic carbocycles. The van der Waals surface area contributed by atoms with E-state index in [4.69, 9.17) is 0 Å². The van der Waals surface area contributed by atoms with Gasteiger partial charge in [-0.05, 0) is 19.3 Å². The second kappa shape index (κ2) is 6.83. The SMILES string of the molecule is CCC(=O)N1CCCCC1c1cc2nc3c(c(=O)n2[nH]1)CN(C(C)=O)CC3. The lowest BCUT2D eigenvalue weighted by molar-refractivity contribution is -0.134. The number of hydrogen-bond acceptors (Lipinski definition) is 4. The number of rotatable bonds is 2. The summed E-state index contributed by atoms with van der Waals surface area (Å²) in [6.45, 7) is 5.03. The summed E-state index contributed by atoms with van der Waals surface area (Å²) in [5.41, 5.74) is 2.63. The number of H-pyrrole nitrogens is 1. The van der Waals surface area contributed by atoms with Crippen LogP contribution in [0.25, 0.3) is 5.65 Å². The molecule has 1 fully saturated rings. The molecule has 0 spiro atoms. The molecule has 0 bridgehead atoms. The van der Waals surface area contributed by atoms with Gasteiger partial charge in [0.2, 0.25) is 11.8 Å². The van der Waals surface area contributed by atoms with Crippen LogP contribution in [0.3, 0.4) is 0 Å². The Hall–Kier alpha value is -2.64. The van der Waals surface area contributed by atoms with Crippen LogP contribution in [0.5, 0.6) is 0 Å². The van der Waals surface area contributed by atoms with Crippen LogP contribution in [0.2, 0.25) is 0 Å². The summed E-state index contributed by atoms with van der Waals surface area (Å²) in [4.78, 5) is 45.2. The molecule has 27 heavy (non-hydrogen) atoms. The fraction of sp³-hybridized carbons (Fsp3) is 0.579. The van der Waals surface area contributed by atoms with E-state index in [2.05, 4.69) is 10.1 Å². The summed E-state index contributed by atoms with van der Waals surface area (Å²) < 4.78 is 1.46. The first-order valence-corrected chi connectivity index (χ1v) is 9.68. The van der Waals surface area contributed by atoms with Gasteiger partial charge >= 0.3 is 0 Å². The minimum absolute atomic E-state index is 0.0340. The van der Waals surface area contributed by atoms with Gasteiger partial charge in [0, 0.05) is 38.9 Å². The van der Waals surface area contributed by atoms with Crippen molar-refractivity contribution in [2.45, 2.75) is 58.5 Å². The summed E-state index contributed by atoms with van der Waals surface area (Å²) in [7, 11) is 0. The maximum atomic E-state index is 13.0. The van der Waals surface area contributed by atoms with Crippen LogP contribution in [0.15, 0.2) is 10.9 Å². The predicted octanol–water partition coefficient (Wildman–Crippen LogP) is 1.39. The zero-order chi connectivity index (χ0) is 19.1. The first kappa shape index (κ1) is 17.8. The second-order valence-electron chi connectivity index (χ2n) is 7.39. The number of nitrogens with zero attached hydrogens (tertiary/aromatic N) is 4. The van der Waals surface area contributed by atoms with Crippen LogP contribution in [-0.4, -0.2) is 49.3 Å². The molecule has 1 N–H and O–H groups in total. The third-order valence-corrected chi connectivity index (χ3v) is 5.71. The van der Waals surface area contributed by atoms with Crippen LogP contribution in [0, 0.1) is 0 Å². The van der Waals surface area contributed by atoms with Gasteiger partial charge in [-0.3, -0.25) is 19.5 Å². The quantitative estimate of drug-likeness (QED) is 0.864. The first-order chi connectivity index (χ1) is 13.0. The van der Waals surface area contributed by atoms with E-state index < -0.39 is 0 Å². The number of aromatic amines is 1. The van der Waals surface area contributed by atoms with Gasteiger partial charge in [-0.1, -0.05) is 6.92 Å². The Labute approximate surface area is 157 Å². The highest BCUT2D eigenvalue weighted by molar-refractivity contribution is 5.76. The number of amides is 2. The van der Waals surface area contributed by atoms with Crippen LogP contribution >= 0.6 is 0 Å². The number of likely N-dealkylation sites (tertiary alicyclic amines) is 1. The number of piperidine rings is 1.